The molecule has 7 nitrogen and oxygen atoms in total. The van der Waals surface area contributed by atoms with Crippen LogP contribution in [0, 0.1) is 5.82 Å². The van der Waals surface area contributed by atoms with Crippen molar-refractivity contribution in [2.45, 2.75) is 18.6 Å². The fourth-order valence-electron chi connectivity index (χ4n) is 2.41. The number of anilines is 1. The van der Waals surface area contributed by atoms with Crippen molar-refractivity contribution >= 4 is 5.69 Å². The fraction of sp³-hybridized carbons (Fsp3) is 0.462. The molecule has 0 amide bonds. The molecule has 2 N–H and O–H groups in total. The number of benzene rings is 1. The van der Waals surface area contributed by atoms with E-state index >= 15 is 0 Å². The lowest BCUT2D eigenvalue weighted by molar-refractivity contribution is -0.0317. The summed E-state index contributed by atoms with van der Waals surface area (Å²) in [5.41, 5.74) is 5.88. The van der Waals surface area contributed by atoms with E-state index in [9.17, 15) is 4.39 Å². The summed E-state index contributed by atoms with van der Waals surface area (Å²) < 4.78 is 25.9. The van der Waals surface area contributed by atoms with Gasteiger partial charge < -0.3 is 15.2 Å². The van der Waals surface area contributed by atoms with E-state index in [1.54, 1.807) is 17.9 Å². The van der Waals surface area contributed by atoms with Crippen molar-refractivity contribution in [2.24, 2.45) is 0 Å². The Bertz CT molecular complexity index is 639. The van der Waals surface area contributed by atoms with Crippen LogP contribution in [0.5, 0.6) is 0 Å². The maximum absolute atomic E-state index is 13.3. The Hall–Kier alpha value is -2.06. The average molecular weight is 293 g/mol. The molecule has 0 saturated carbocycles. The number of ether oxygens (including phenoxy) is 2. The normalized spacial score (nSPS) is 21.8. The molecule has 1 fully saturated rings. The van der Waals surface area contributed by atoms with Gasteiger partial charge >= 0.3 is 0 Å². The maximum Gasteiger partial charge on any atom is 0.182 e. The van der Waals surface area contributed by atoms with E-state index in [-0.39, 0.29) is 5.69 Å². The van der Waals surface area contributed by atoms with Crippen molar-refractivity contribution in [3.8, 4) is 11.4 Å². The average Bonchev–Trinajstić information content (AvgIpc) is 3.12. The number of hydrogen-bond acceptors (Lipinski definition) is 6. The van der Waals surface area contributed by atoms with Crippen molar-refractivity contribution in [2.75, 3.05) is 26.1 Å². The minimum absolute atomic E-state index is 0.0627. The molecule has 3 rings (SSSR count). The van der Waals surface area contributed by atoms with Crippen LogP contribution in [0.3, 0.4) is 0 Å². The third-order valence-corrected chi connectivity index (χ3v) is 3.72. The molecule has 2 aromatic rings. The Kier molecular flexibility index (Phi) is 3.56. The lowest BCUT2D eigenvalue weighted by Crippen LogP contribution is -2.37. The largest absolute Gasteiger partial charge is 0.396 e. The summed E-state index contributed by atoms with van der Waals surface area (Å²) in [6.07, 6.45) is 0.772. The molecule has 0 spiro atoms. The predicted octanol–water partition coefficient (Wildman–Crippen LogP) is 0.867. The molecule has 1 unspecified atom stereocenters. The summed E-state index contributed by atoms with van der Waals surface area (Å²) in [5, 5.41) is 11.7. The molecular formula is C13H16FN5O2. The van der Waals surface area contributed by atoms with Crippen LogP contribution in [0.1, 0.15) is 6.42 Å². The third kappa shape index (κ3) is 2.59. The second-order valence-electron chi connectivity index (χ2n) is 5.09. The second kappa shape index (κ2) is 5.38. The highest BCUT2D eigenvalue weighted by atomic mass is 19.1. The van der Waals surface area contributed by atoms with Crippen molar-refractivity contribution in [3.05, 3.63) is 24.0 Å². The lowest BCUT2D eigenvalue weighted by Gasteiger charge is -2.25. The van der Waals surface area contributed by atoms with E-state index in [1.807, 2.05) is 0 Å². The van der Waals surface area contributed by atoms with Gasteiger partial charge in [0.25, 0.3) is 0 Å². The van der Waals surface area contributed by atoms with Crippen molar-refractivity contribution < 1.29 is 13.9 Å². The van der Waals surface area contributed by atoms with Crippen LogP contribution >= 0.6 is 0 Å². The van der Waals surface area contributed by atoms with Gasteiger partial charge in [0, 0.05) is 25.7 Å². The van der Waals surface area contributed by atoms with Crippen LogP contribution in [0.25, 0.3) is 11.4 Å². The molecule has 8 heteroatoms. The zero-order valence-electron chi connectivity index (χ0n) is 11.6. The Morgan fingerprint density at radius 2 is 2.38 bits per heavy atom. The molecular weight excluding hydrogens is 277 g/mol. The minimum Gasteiger partial charge on any atom is -0.396 e. The van der Waals surface area contributed by atoms with Gasteiger partial charge in [0.05, 0.1) is 18.8 Å². The number of aromatic nitrogens is 4. The van der Waals surface area contributed by atoms with Gasteiger partial charge in [-0.1, -0.05) is 0 Å². The summed E-state index contributed by atoms with van der Waals surface area (Å²) in [6.45, 7) is 1.60. The SMILES string of the molecule is COC1(Cn2nnnc2-c2ccc(F)c(N)c2)CCOC1. The number of rotatable bonds is 4. The van der Waals surface area contributed by atoms with Crippen molar-refractivity contribution in [1.29, 1.82) is 0 Å². The zero-order chi connectivity index (χ0) is 14.9. The van der Waals surface area contributed by atoms with E-state index in [2.05, 4.69) is 15.5 Å². The first-order valence-electron chi connectivity index (χ1n) is 6.58. The van der Waals surface area contributed by atoms with Gasteiger partial charge in [-0.05, 0) is 28.6 Å². The quantitative estimate of drug-likeness (QED) is 0.841. The molecule has 2 heterocycles. The highest BCUT2D eigenvalue weighted by molar-refractivity contribution is 5.61. The van der Waals surface area contributed by atoms with Gasteiger partial charge in [-0.2, -0.15) is 0 Å². The Balaban J connectivity index is 1.91. The van der Waals surface area contributed by atoms with Crippen LogP contribution in [0.2, 0.25) is 0 Å². The molecule has 1 aliphatic heterocycles. The smallest absolute Gasteiger partial charge is 0.182 e. The fourth-order valence-corrected chi connectivity index (χ4v) is 2.41. The molecule has 1 saturated heterocycles. The van der Waals surface area contributed by atoms with Gasteiger partial charge in [0.15, 0.2) is 5.82 Å². The number of nitrogen functional groups attached to an aromatic ring is 1. The summed E-state index contributed by atoms with van der Waals surface area (Å²) in [6, 6.07) is 4.41. The van der Waals surface area contributed by atoms with E-state index in [1.165, 1.54) is 12.1 Å². The Morgan fingerprint density at radius 3 is 3.05 bits per heavy atom. The number of nitrogens with zero attached hydrogens (tertiary/aromatic N) is 4. The predicted molar refractivity (Wildman–Crippen MR) is 72.8 cm³/mol. The van der Waals surface area contributed by atoms with Gasteiger partial charge in [-0.25, -0.2) is 9.07 Å². The standard InChI is InChI=1S/C13H16FN5O2/c1-20-13(4-5-21-8-13)7-19-12(16-17-18-19)9-2-3-10(14)11(15)6-9/h2-3,6H,4-5,7-8,15H2,1H3. The van der Waals surface area contributed by atoms with Gasteiger partial charge in [-0.3, -0.25) is 0 Å². The molecule has 0 aliphatic carbocycles. The van der Waals surface area contributed by atoms with Crippen molar-refractivity contribution in [3.63, 3.8) is 0 Å². The lowest BCUT2D eigenvalue weighted by atomic mass is 10.0. The number of hydrogen-bond donors (Lipinski definition) is 1. The first-order chi connectivity index (χ1) is 10.1. The first-order valence-corrected chi connectivity index (χ1v) is 6.58. The van der Waals surface area contributed by atoms with Gasteiger partial charge in [0.1, 0.15) is 11.4 Å². The van der Waals surface area contributed by atoms with Gasteiger partial charge in [0.2, 0.25) is 0 Å². The summed E-state index contributed by atoms with van der Waals surface area (Å²) in [4.78, 5) is 0. The van der Waals surface area contributed by atoms with Crippen LogP contribution in [0.4, 0.5) is 10.1 Å². The number of methoxy groups -OCH3 is 1. The maximum atomic E-state index is 13.3. The molecule has 112 valence electrons. The molecule has 1 aliphatic rings. The van der Waals surface area contributed by atoms with E-state index in [0.29, 0.717) is 31.1 Å². The van der Waals surface area contributed by atoms with Crippen LogP contribution in [-0.4, -0.2) is 46.1 Å². The van der Waals surface area contributed by atoms with E-state index < -0.39 is 11.4 Å². The van der Waals surface area contributed by atoms with Crippen LogP contribution in [-0.2, 0) is 16.0 Å². The van der Waals surface area contributed by atoms with Crippen LogP contribution in [0.15, 0.2) is 18.2 Å². The molecule has 0 radical (unpaired) electrons. The highest BCUT2D eigenvalue weighted by Gasteiger charge is 2.36. The summed E-state index contributed by atoms with van der Waals surface area (Å²) in [7, 11) is 1.65. The van der Waals surface area contributed by atoms with E-state index in [0.717, 1.165) is 6.42 Å². The number of nitrogens with two attached hydrogens (primary N) is 1. The van der Waals surface area contributed by atoms with Crippen LogP contribution < -0.4 is 5.73 Å². The van der Waals surface area contributed by atoms with E-state index in [4.69, 9.17) is 15.2 Å². The van der Waals surface area contributed by atoms with Crippen molar-refractivity contribution in [1.82, 2.24) is 20.2 Å². The number of tetrazole rings is 1. The molecule has 1 aromatic heterocycles. The summed E-state index contributed by atoms with van der Waals surface area (Å²) in [5.74, 6) is 0.0559. The second-order valence-corrected chi connectivity index (χ2v) is 5.09. The minimum atomic E-state index is -0.463. The first kappa shape index (κ1) is 13.9. The zero-order valence-corrected chi connectivity index (χ0v) is 11.6. The molecule has 1 aromatic carbocycles. The van der Waals surface area contributed by atoms with Gasteiger partial charge in [-0.15, -0.1) is 5.10 Å². The third-order valence-electron chi connectivity index (χ3n) is 3.72. The summed E-state index contributed by atoms with van der Waals surface area (Å²) >= 11 is 0. The molecule has 0 bridgehead atoms. The number of halogens is 1. The Morgan fingerprint density at radius 1 is 1.52 bits per heavy atom. The highest BCUT2D eigenvalue weighted by Crippen LogP contribution is 2.27. The Labute approximate surface area is 120 Å². The monoisotopic (exact) mass is 293 g/mol. The topological polar surface area (TPSA) is 88.1 Å². The molecule has 21 heavy (non-hydrogen) atoms. The molecule has 1 atom stereocenters.